The lowest BCUT2D eigenvalue weighted by Crippen LogP contribution is -2.40. The molecule has 0 saturated heterocycles. The van der Waals surface area contributed by atoms with Crippen molar-refractivity contribution in [3.63, 3.8) is 0 Å². The van der Waals surface area contributed by atoms with Crippen LogP contribution < -0.4 is 5.73 Å². The van der Waals surface area contributed by atoms with Crippen molar-refractivity contribution in [3.05, 3.63) is 29.6 Å². The molecule has 3 N–H and O–H groups in total. The minimum absolute atomic E-state index is 0.174. The Kier molecular flexibility index (Phi) is 5.17. The molecule has 0 aromatic carbocycles. The molecule has 1 aliphatic carbocycles. The fourth-order valence-corrected chi connectivity index (χ4v) is 3.49. The Morgan fingerprint density at radius 1 is 1.40 bits per heavy atom. The number of pyridine rings is 1. The first-order valence-corrected chi connectivity index (χ1v) is 7.92. The number of aromatic nitrogens is 1. The molecule has 1 aromatic heterocycles. The predicted molar refractivity (Wildman–Crippen MR) is 82.3 cm³/mol. The van der Waals surface area contributed by atoms with E-state index in [-0.39, 0.29) is 5.41 Å². The zero-order chi connectivity index (χ0) is 14.6. The summed E-state index contributed by atoms with van der Waals surface area (Å²) in [5.74, 6) is 0.817. The number of aryl methyl sites for hydroxylation is 1. The molecule has 3 nitrogen and oxygen atoms in total. The Morgan fingerprint density at radius 3 is 2.60 bits per heavy atom. The first kappa shape index (κ1) is 15.5. The molecule has 20 heavy (non-hydrogen) atoms. The summed E-state index contributed by atoms with van der Waals surface area (Å²) in [6, 6.07) is 3.95. The molecule has 0 aliphatic heterocycles. The van der Waals surface area contributed by atoms with Crippen LogP contribution in [-0.4, -0.2) is 16.6 Å². The van der Waals surface area contributed by atoms with Crippen molar-refractivity contribution < 1.29 is 5.11 Å². The van der Waals surface area contributed by atoms with Crippen LogP contribution >= 0.6 is 0 Å². The second-order valence-electron chi connectivity index (χ2n) is 6.46. The highest BCUT2D eigenvalue weighted by Crippen LogP contribution is 2.47. The zero-order valence-electron chi connectivity index (χ0n) is 12.8. The SMILES string of the molecule is CCCC1CCC(CN)(C(O)c2ccc(C)cn2)CC1. The summed E-state index contributed by atoms with van der Waals surface area (Å²) in [4.78, 5) is 4.40. The van der Waals surface area contributed by atoms with E-state index in [1.165, 1.54) is 25.7 Å². The minimum atomic E-state index is -0.532. The van der Waals surface area contributed by atoms with Crippen molar-refractivity contribution in [2.24, 2.45) is 17.1 Å². The molecule has 0 amide bonds. The summed E-state index contributed by atoms with van der Waals surface area (Å²) in [6.45, 7) is 4.80. The lowest BCUT2D eigenvalue weighted by atomic mass is 9.66. The summed E-state index contributed by atoms with van der Waals surface area (Å²) in [5.41, 5.74) is 7.76. The number of hydrogen-bond donors (Lipinski definition) is 2. The molecule has 112 valence electrons. The molecule has 1 aromatic rings. The quantitative estimate of drug-likeness (QED) is 0.867. The third kappa shape index (κ3) is 3.21. The number of nitrogens with zero attached hydrogens (tertiary/aromatic N) is 1. The van der Waals surface area contributed by atoms with Crippen molar-refractivity contribution in [1.29, 1.82) is 0 Å². The van der Waals surface area contributed by atoms with Crippen LogP contribution in [0.25, 0.3) is 0 Å². The standard InChI is InChI=1S/C17H28N2O/c1-3-4-14-7-9-17(12-18,10-8-14)16(20)15-6-5-13(2)11-19-15/h5-6,11,14,16,20H,3-4,7-10,12,18H2,1-2H3. The molecule has 1 heterocycles. The van der Waals surface area contributed by atoms with Crippen LogP contribution in [0.5, 0.6) is 0 Å². The van der Waals surface area contributed by atoms with Crippen molar-refractivity contribution in [1.82, 2.24) is 4.98 Å². The van der Waals surface area contributed by atoms with Crippen LogP contribution in [0, 0.1) is 18.3 Å². The molecule has 1 fully saturated rings. The predicted octanol–water partition coefficient (Wildman–Crippen LogP) is 3.36. The maximum atomic E-state index is 10.8. The van der Waals surface area contributed by atoms with Gasteiger partial charge in [0.05, 0.1) is 5.69 Å². The molecule has 2 rings (SSSR count). The van der Waals surface area contributed by atoms with Gasteiger partial charge in [0.1, 0.15) is 6.10 Å². The Bertz CT molecular complexity index is 408. The molecular weight excluding hydrogens is 248 g/mol. The van der Waals surface area contributed by atoms with Gasteiger partial charge in [-0.2, -0.15) is 0 Å². The first-order chi connectivity index (χ1) is 9.61. The van der Waals surface area contributed by atoms with E-state index >= 15 is 0 Å². The van der Waals surface area contributed by atoms with E-state index in [1.807, 2.05) is 25.3 Å². The summed E-state index contributed by atoms with van der Waals surface area (Å²) < 4.78 is 0. The van der Waals surface area contributed by atoms with Gasteiger partial charge in [0.25, 0.3) is 0 Å². The van der Waals surface area contributed by atoms with Crippen LogP contribution in [0.1, 0.15) is 62.8 Å². The average Bonchev–Trinajstić information content (AvgIpc) is 2.49. The van der Waals surface area contributed by atoms with E-state index < -0.39 is 6.10 Å². The number of rotatable bonds is 5. The molecule has 1 saturated carbocycles. The fourth-order valence-electron chi connectivity index (χ4n) is 3.49. The van der Waals surface area contributed by atoms with Gasteiger partial charge in [-0.1, -0.05) is 25.8 Å². The lowest BCUT2D eigenvalue weighted by molar-refractivity contribution is -0.0134. The van der Waals surface area contributed by atoms with Gasteiger partial charge in [0.15, 0.2) is 0 Å². The van der Waals surface area contributed by atoms with Gasteiger partial charge in [0, 0.05) is 18.2 Å². The van der Waals surface area contributed by atoms with Gasteiger partial charge in [-0.05, 0) is 50.2 Å². The Hall–Kier alpha value is -0.930. The smallest absolute Gasteiger partial charge is 0.103 e. The van der Waals surface area contributed by atoms with E-state index in [2.05, 4.69) is 11.9 Å². The van der Waals surface area contributed by atoms with Crippen LogP contribution in [0.15, 0.2) is 18.3 Å². The van der Waals surface area contributed by atoms with E-state index in [9.17, 15) is 5.11 Å². The maximum Gasteiger partial charge on any atom is 0.103 e. The third-order valence-corrected chi connectivity index (χ3v) is 5.00. The highest BCUT2D eigenvalue weighted by atomic mass is 16.3. The molecular formula is C17H28N2O. The van der Waals surface area contributed by atoms with Crippen molar-refractivity contribution in [2.45, 2.75) is 58.5 Å². The molecule has 1 atom stereocenters. The van der Waals surface area contributed by atoms with Crippen molar-refractivity contribution in [2.75, 3.05) is 6.54 Å². The molecule has 1 unspecified atom stereocenters. The topological polar surface area (TPSA) is 59.1 Å². The largest absolute Gasteiger partial charge is 0.386 e. The van der Waals surface area contributed by atoms with Gasteiger partial charge in [0.2, 0.25) is 0 Å². The Labute approximate surface area is 122 Å². The highest BCUT2D eigenvalue weighted by molar-refractivity contribution is 5.16. The van der Waals surface area contributed by atoms with Crippen LogP contribution in [0.4, 0.5) is 0 Å². The van der Waals surface area contributed by atoms with Crippen molar-refractivity contribution in [3.8, 4) is 0 Å². The van der Waals surface area contributed by atoms with E-state index in [0.717, 1.165) is 30.0 Å². The van der Waals surface area contributed by atoms with Gasteiger partial charge in [-0.25, -0.2) is 0 Å². The third-order valence-electron chi connectivity index (χ3n) is 5.00. The highest BCUT2D eigenvalue weighted by Gasteiger charge is 2.41. The Morgan fingerprint density at radius 2 is 2.10 bits per heavy atom. The number of aliphatic hydroxyl groups is 1. The average molecular weight is 276 g/mol. The summed E-state index contributed by atoms with van der Waals surface area (Å²) in [5, 5.41) is 10.8. The molecule has 0 radical (unpaired) electrons. The number of aliphatic hydroxyl groups excluding tert-OH is 1. The van der Waals surface area contributed by atoms with Crippen LogP contribution in [-0.2, 0) is 0 Å². The monoisotopic (exact) mass is 276 g/mol. The van der Waals surface area contributed by atoms with E-state index in [0.29, 0.717) is 6.54 Å². The second-order valence-corrected chi connectivity index (χ2v) is 6.46. The number of nitrogens with two attached hydrogens (primary N) is 1. The van der Waals surface area contributed by atoms with E-state index in [1.54, 1.807) is 0 Å². The van der Waals surface area contributed by atoms with E-state index in [4.69, 9.17) is 5.73 Å². The van der Waals surface area contributed by atoms with Gasteiger partial charge in [-0.3, -0.25) is 4.98 Å². The van der Waals surface area contributed by atoms with Crippen molar-refractivity contribution >= 4 is 0 Å². The first-order valence-electron chi connectivity index (χ1n) is 7.92. The molecule has 1 aliphatic rings. The molecule has 0 bridgehead atoms. The Balaban J connectivity index is 2.09. The lowest BCUT2D eigenvalue weighted by Gasteiger charge is -2.42. The summed E-state index contributed by atoms with van der Waals surface area (Å²) in [7, 11) is 0. The normalized spacial score (nSPS) is 28.3. The van der Waals surface area contributed by atoms with Gasteiger partial charge < -0.3 is 10.8 Å². The zero-order valence-corrected chi connectivity index (χ0v) is 12.8. The fraction of sp³-hybridized carbons (Fsp3) is 0.706. The van der Waals surface area contributed by atoms with Gasteiger partial charge >= 0.3 is 0 Å². The summed E-state index contributed by atoms with van der Waals surface area (Å²) >= 11 is 0. The molecule has 0 spiro atoms. The summed E-state index contributed by atoms with van der Waals surface area (Å²) in [6.07, 6.45) is 8.26. The van der Waals surface area contributed by atoms with Crippen LogP contribution in [0.3, 0.4) is 0 Å². The second kappa shape index (κ2) is 6.68. The minimum Gasteiger partial charge on any atom is -0.386 e. The maximum absolute atomic E-state index is 10.8. The number of hydrogen-bond acceptors (Lipinski definition) is 3. The molecule has 3 heteroatoms. The van der Waals surface area contributed by atoms with Gasteiger partial charge in [-0.15, -0.1) is 0 Å². The van der Waals surface area contributed by atoms with Crippen LogP contribution in [0.2, 0.25) is 0 Å².